The van der Waals surface area contributed by atoms with Crippen molar-refractivity contribution in [2.24, 2.45) is 5.92 Å². The second-order valence-corrected chi connectivity index (χ2v) is 6.16. The Hall–Kier alpha value is -1.36. The molecule has 1 heterocycles. The van der Waals surface area contributed by atoms with Crippen molar-refractivity contribution in [2.75, 3.05) is 19.7 Å². The molecule has 5 heteroatoms. The van der Waals surface area contributed by atoms with E-state index in [0.29, 0.717) is 25.3 Å². The summed E-state index contributed by atoms with van der Waals surface area (Å²) in [7, 11) is 0. The number of piperidine rings is 1. The molecule has 2 rings (SSSR count). The van der Waals surface area contributed by atoms with Crippen LogP contribution >= 0.6 is 15.9 Å². The van der Waals surface area contributed by atoms with E-state index in [1.54, 1.807) is 11.8 Å². The van der Waals surface area contributed by atoms with Gasteiger partial charge in [0, 0.05) is 23.1 Å². The molecule has 1 saturated heterocycles. The van der Waals surface area contributed by atoms with Gasteiger partial charge in [-0.05, 0) is 44.4 Å². The molecule has 0 N–H and O–H groups in total. The summed E-state index contributed by atoms with van der Waals surface area (Å²) in [6.07, 6.45) is 1.63. The minimum absolute atomic E-state index is 0.0234. The first-order valence-corrected chi connectivity index (χ1v) is 8.04. The second-order valence-electron chi connectivity index (χ2n) is 5.31. The number of likely N-dealkylation sites (tertiary alicyclic amines) is 1. The highest BCUT2D eigenvalue weighted by Gasteiger charge is 2.29. The Morgan fingerprint density at radius 2 is 2.19 bits per heavy atom. The highest BCUT2D eigenvalue weighted by Crippen LogP contribution is 2.22. The third kappa shape index (κ3) is 3.84. The van der Waals surface area contributed by atoms with Gasteiger partial charge in [-0.15, -0.1) is 0 Å². The van der Waals surface area contributed by atoms with Crippen molar-refractivity contribution >= 4 is 27.8 Å². The van der Waals surface area contributed by atoms with Crippen LogP contribution in [0.4, 0.5) is 0 Å². The zero-order valence-electron chi connectivity index (χ0n) is 12.4. The standard InChI is InChI=1S/C16H20BrNO3/c1-3-21-16(20)13-5-4-8-18(10-13)15(19)12-7-6-11(2)14(17)9-12/h6-7,9,13H,3-5,8,10H2,1-2H3/t13-/m0/s1. The van der Waals surface area contributed by atoms with E-state index in [4.69, 9.17) is 4.74 Å². The summed E-state index contributed by atoms with van der Waals surface area (Å²) in [5, 5.41) is 0. The molecule has 0 aromatic heterocycles. The van der Waals surface area contributed by atoms with Gasteiger partial charge in [-0.25, -0.2) is 0 Å². The van der Waals surface area contributed by atoms with Crippen LogP contribution in [-0.4, -0.2) is 36.5 Å². The molecular formula is C16H20BrNO3. The van der Waals surface area contributed by atoms with E-state index in [9.17, 15) is 9.59 Å². The molecule has 0 unspecified atom stereocenters. The summed E-state index contributed by atoms with van der Waals surface area (Å²) in [6, 6.07) is 5.59. The van der Waals surface area contributed by atoms with Crippen molar-refractivity contribution in [3.63, 3.8) is 0 Å². The fraction of sp³-hybridized carbons (Fsp3) is 0.500. The lowest BCUT2D eigenvalue weighted by atomic mass is 9.97. The Bertz CT molecular complexity index is 544. The van der Waals surface area contributed by atoms with Gasteiger partial charge in [0.1, 0.15) is 0 Å². The van der Waals surface area contributed by atoms with Gasteiger partial charge in [-0.3, -0.25) is 9.59 Å². The quantitative estimate of drug-likeness (QED) is 0.784. The maximum Gasteiger partial charge on any atom is 0.310 e. The second kappa shape index (κ2) is 7.07. The molecule has 1 fully saturated rings. The largest absolute Gasteiger partial charge is 0.466 e. The van der Waals surface area contributed by atoms with Crippen LogP contribution in [0.25, 0.3) is 0 Å². The summed E-state index contributed by atoms with van der Waals surface area (Å²) in [6.45, 7) is 5.31. The van der Waals surface area contributed by atoms with Crippen molar-refractivity contribution in [3.8, 4) is 0 Å². The Kier molecular flexibility index (Phi) is 5.39. The summed E-state index contributed by atoms with van der Waals surface area (Å²) in [5.74, 6) is -0.415. The first-order chi connectivity index (χ1) is 10.0. The van der Waals surface area contributed by atoms with Gasteiger partial charge in [0.05, 0.1) is 12.5 Å². The predicted octanol–water partition coefficient (Wildman–Crippen LogP) is 3.17. The molecule has 0 radical (unpaired) electrons. The third-order valence-electron chi connectivity index (χ3n) is 3.75. The lowest BCUT2D eigenvalue weighted by molar-refractivity contribution is -0.149. The molecule has 4 nitrogen and oxygen atoms in total. The summed E-state index contributed by atoms with van der Waals surface area (Å²) < 4.78 is 5.99. The first kappa shape index (κ1) is 16.0. The molecule has 0 saturated carbocycles. The van der Waals surface area contributed by atoms with Crippen LogP contribution in [0.3, 0.4) is 0 Å². The fourth-order valence-corrected chi connectivity index (χ4v) is 2.90. The summed E-state index contributed by atoms with van der Waals surface area (Å²) in [5.41, 5.74) is 1.74. The van der Waals surface area contributed by atoms with Crippen LogP contribution in [0.1, 0.15) is 35.7 Å². The minimum atomic E-state index is -0.198. The van der Waals surface area contributed by atoms with Crippen LogP contribution < -0.4 is 0 Å². The van der Waals surface area contributed by atoms with Crippen LogP contribution in [0.15, 0.2) is 22.7 Å². The van der Waals surface area contributed by atoms with Gasteiger partial charge in [0.2, 0.25) is 0 Å². The van der Waals surface area contributed by atoms with Gasteiger partial charge in [-0.1, -0.05) is 22.0 Å². The zero-order chi connectivity index (χ0) is 15.4. The number of amides is 1. The van der Waals surface area contributed by atoms with Gasteiger partial charge in [-0.2, -0.15) is 0 Å². The molecule has 0 spiro atoms. The average molecular weight is 354 g/mol. The van der Waals surface area contributed by atoms with E-state index in [1.165, 1.54) is 0 Å². The van der Waals surface area contributed by atoms with Crippen LogP contribution in [0.5, 0.6) is 0 Å². The monoisotopic (exact) mass is 353 g/mol. The first-order valence-electron chi connectivity index (χ1n) is 7.25. The van der Waals surface area contributed by atoms with E-state index in [2.05, 4.69) is 15.9 Å². The molecule has 1 atom stereocenters. The number of halogens is 1. The molecule has 1 aromatic rings. The number of aryl methyl sites for hydroxylation is 1. The normalized spacial score (nSPS) is 18.4. The van der Waals surface area contributed by atoms with E-state index in [-0.39, 0.29) is 17.8 Å². The number of carbonyl (C=O) groups excluding carboxylic acids is 2. The number of benzene rings is 1. The average Bonchev–Trinajstić information content (AvgIpc) is 2.49. The number of esters is 1. The Morgan fingerprint density at radius 1 is 1.43 bits per heavy atom. The maximum atomic E-state index is 12.5. The molecule has 1 amide bonds. The van der Waals surface area contributed by atoms with Gasteiger partial charge >= 0.3 is 5.97 Å². The third-order valence-corrected chi connectivity index (χ3v) is 4.60. The van der Waals surface area contributed by atoms with Crippen LogP contribution in [-0.2, 0) is 9.53 Å². The molecule has 1 aliphatic rings. The number of nitrogens with zero attached hydrogens (tertiary/aromatic N) is 1. The maximum absolute atomic E-state index is 12.5. The predicted molar refractivity (Wildman–Crippen MR) is 84.1 cm³/mol. The van der Waals surface area contributed by atoms with Crippen molar-refractivity contribution < 1.29 is 14.3 Å². The SMILES string of the molecule is CCOC(=O)[C@H]1CCCN(C(=O)c2ccc(C)c(Br)c2)C1. The molecule has 0 aliphatic carbocycles. The minimum Gasteiger partial charge on any atom is -0.466 e. The smallest absolute Gasteiger partial charge is 0.310 e. The Labute approximate surface area is 133 Å². The number of hydrogen-bond donors (Lipinski definition) is 0. The van der Waals surface area contributed by atoms with Crippen LogP contribution in [0.2, 0.25) is 0 Å². The van der Waals surface area contributed by atoms with E-state index in [0.717, 1.165) is 22.9 Å². The highest BCUT2D eigenvalue weighted by molar-refractivity contribution is 9.10. The lowest BCUT2D eigenvalue weighted by Crippen LogP contribution is -2.42. The number of rotatable bonds is 3. The van der Waals surface area contributed by atoms with Crippen molar-refractivity contribution in [3.05, 3.63) is 33.8 Å². The zero-order valence-corrected chi connectivity index (χ0v) is 14.0. The van der Waals surface area contributed by atoms with E-state index >= 15 is 0 Å². The molecular weight excluding hydrogens is 334 g/mol. The molecule has 0 bridgehead atoms. The summed E-state index contributed by atoms with van der Waals surface area (Å²) in [4.78, 5) is 26.1. The molecule has 21 heavy (non-hydrogen) atoms. The molecule has 1 aromatic carbocycles. The van der Waals surface area contributed by atoms with E-state index < -0.39 is 0 Å². The molecule has 1 aliphatic heterocycles. The van der Waals surface area contributed by atoms with Crippen molar-refractivity contribution in [2.45, 2.75) is 26.7 Å². The van der Waals surface area contributed by atoms with E-state index in [1.807, 2.05) is 25.1 Å². The molecule has 114 valence electrons. The Morgan fingerprint density at radius 3 is 2.86 bits per heavy atom. The number of carbonyl (C=O) groups is 2. The van der Waals surface area contributed by atoms with Gasteiger partial charge in [0.25, 0.3) is 5.91 Å². The highest BCUT2D eigenvalue weighted by atomic mass is 79.9. The summed E-state index contributed by atoms with van der Waals surface area (Å²) >= 11 is 3.45. The van der Waals surface area contributed by atoms with Gasteiger partial charge in [0.15, 0.2) is 0 Å². The lowest BCUT2D eigenvalue weighted by Gasteiger charge is -2.31. The van der Waals surface area contributed by atoms with Gasteiger partial charge < -0.3 is 9.64 Å². The van der Waals surface area contributed by atoms with Crippen LogP contribution in [0, 0.1) is 12.8 Å². The Balaban J connectivity index is 2.08. The van der Waals surface area contributed by atoms with Crippen molar-refractivity contribution in [1.29, 1.82) is 0 Å². The number of ether oxygens (including phenoxy) is 1. The topological polar surface area (TPSA) is 46.6 Å². The number of hydrogen-bond acceptors (Lipinski definition) is 3. The van der Waals surface area contributed by atoms with Crippen molar-refractivity contribution in [1.82, 2.24) is 4.90 Å². The fourth-order valence-electron chi connectivity index (χ4n) is 2.52.